The number of rotatable bonds is 0. The summed E-state index contributed by atoms with van der Waals surface area (Å²) in [5, 5.41) is 0. The van der Waals surface area contributed by atoms with Gasteiger partial charge in [-0.15, -0.1) is 0 Å². The fraction of sp³-hybridized carbons (Fsp3) is 0. The van der Waals surface area contributed by atoms with Gasteiger partial charge in [-0.2, -0.15) is 9.97 Å². The van der Waals surface area contributed by atoms with Crippen molar-refractivity contribution in [1.82, 2.24) is 15.0 Å². The standard InChI is InChI=1S/C7H3N3O2/c1-4-6(8-2-11-4)10-7-5(1)12-3-9-7/h1-3H. The van der Waals surface area contributed by atoms with Gasteiger partial charge in [0, 0.05) is 6.07 Å². The topological polar surface area (TPSA) is 65.0 Å². The number of nitrogens with zero attached hydrogens (tertiary/aromatic N) is 3. The van der Waals surface area contributed by atoms with Crippen molar-refractivity contribution < 1.29 is 8.83 Å². The Balaban J connectivity index is 2.62. The summed E-state index contributed by atoms with van der Waals surface area (Å²) in [4.78, 5) is 11.9. The lowest BCUT2D eigenvalue weighted by Crippen LogP contribution is -1.77. The monoisotopic (exact) mass is 161 g/mol. The molecule has 0 radical (unpaired) electrons. The Hall–Kier alpha value is -1.91. The van der Waals surface area contributed by atoms with E-state index in [2.05, 4.69) is 15.0 Å². The Labute approximate surface area is 66.0 Å². The van der Waals surface area contributed by atoms with E-state index in [4.69, 9.17) is 8.83 Å². The third kappa shape index (κ3) is 0.597. The van der Waals surface area contributed by atoms with Gasteiger partial charge < -0.3 is 8.83 Å². The summed E-state index contributed by atoms with van der Waals surface area (Å²) >= 11 is 0. The van der Waals surface area contributed by atoms with Gasteiger partial charge in [-0.1, -0.05) is 0 Å². The van der Waals surface area contributed by atoms with Crippen LogP contribution in [-0.2, 0) is 0 Å². The summed E-state index contributed by atoms with van der Waals surface area (Å²) in [5.74, 6) is 0. The molecule has 0 bridgehead atoms. The first-order valence-electron chi connectivity index (χ1n) is 3.37. The van der Waals surface area contributed by atoms with Gasteiger partial charge >= 0.3 is 0 Å². The quantitative estimate of drug-likeness (QED) is 0.498. The number of hydrogen-bond donors (Lipinski definition) is 0. The molecular formula is C7H3N3O2. The number of pyridine rings is 1. The van der Waals surface area contributed by atoms with Crippen LogP contribution < -0.4 is 0 Å². The Morgan fingerprint density at radius 1 is 0.917 bits per heavy atom. The van der Waals surface area contributed by atoms with Crippen LogP contribution in [-0.4, -0.2) is 15.0 Å². The zero-order valence-corrected chi connectivity index (χ0v) is 5.89. The van der Waals surface area contributed by atoms with Gasteiger partial charge in [0.25, 0.3) is 0 Å². The normalized spacial score (nSPS) is 11.3. The highest BCUT2D eigenvalue weighted by Crippen LogP contribution is 2.16. The smallest absolute Gasteiger partial charge is 0.200 e. The fourth-order valence-corrected chi connectivity index (χ4v) is 1.08. The van der Waals surface area contributed by atoms with Crippen LogP contribution in [0.5, 0.6) is 0 Å². The number of fused-ring (bicyclic) bond motifs is 2. The molecule has 5 nitrogen and oxygen atoms in total. The molecule has 0 unspecified atom stereocenters. The lowest BCUT2D eigenvalue weighted by Gasteiger charge is -1.84. The highest BCUT2D eigenvalue weighted by Gasteiger charge is 2.05. The average Bonchev–Trinajstić information content (AvgIpc) is 2.64. The van der Waals surface area contributed by atoms with E-state index in [1.807, 2.05) is 0 Å². The Bertz CT molecular complexity index is 449. The molecule has 0 aliphatic rings. The first-order chi connectivity index (χ1) is 5.93. The lowest BCUT2D eigenvalue weighted by molar-refractivity contribution is 0.591. The highest BCUT2D eigenvalue weighted by atomic mass is 16.3. The summed E-state index contributed by atoms with van der Waals surface area (Å²) < 4.78 is 10.1. The maximum absolute atomic E-state index is 5.03. The molecular weight excluding hydrogens is 158 g/mol. The minimum Gasteiger partial charge on any atom is -0.442 e. The van der Waals surface area contributed by atoms with Crippen LogP contribution in [0.25, 0.3) is 22.5 Å². The largest absolute Gasteiger partial charge is 0.442 e. The van der Waals surface area contributed by atoms with Crippen molar-refractivity contribution in [2.45, 2.75) is 0 Å². The number of aromatic nitrogens is 3. The van der Waals surface area contributed by atoms with E-state index in [1.165, 1.54) is 12.8 Å². The second-order valence-electron chi connectivity index (χ2n) is 2.34. The van der Waals surface area contributed by atoms with Gasteiger partial charge in [-0.05, 0) is 0 Å². The van der Waals surface area contributed by atoms with E-state index >= 15 is 0 Å². The number of hydrogen-bond acceptors (Lipinski definition) is 5. The molecule has 3 aromatic rings. The molecule has 0 fully saturated rings. The van der Waals surface area contributed by atoms with Gasteiger partial charge in [-0.3, -0.25) is 0 Å². The molecule has 58 valence electrons. The predicted molar refractivity (Wildman–Crippen MR) is 39.4 cm³/mol. The molecule has 12 heavy (non-hydrogen) atoms. The van der Waals surface area contributed by atoms with Crippen LogP contribution in [0, 0.1) is 0 Å². The SMILES string of the molecule is c1nc2nc3ncoc3cc2o1. The summed E-state index contributed by atoms with van der Waals surface area (Å²) in [6, 6.07) is 1.72. The van der Waals surface area contributed by atoms with Crippen LogP contribution in [0.1, 0.15) is 0 Å². The van der Waals surface area contributed by atoms with Gasteiger partial charge in [0.2, 0.25) is 11.3 Å². The minimum absolute atomic E-state index is 0.552. The molecule has 0 aliphatic heterocycles. The average molecular weight is 161 g/mol. The second kappa shape index (κ2) is 1.82. The van der Waals surface area contributed by atoms with E-state index < -0.39 is 0 Å². The number of oxazole rings is 2. The van der Waals surface area contributed by atoms with Crippen molar-refractivity contribution in [3.05, 3.63) is 18.9 Å². The van der Waals surface area contributed by atoms with Gasteiger partial charge in [-0.25, -0.2) is 4.98 Å². The molecule has 0 spiro atoms. The van der Waals surface area contributed by atoms with E-state index in [1.54, 1.807) is 6.07 Å². The van der Waals surface area contributed by atoms with Crippen LogP contribution >= 0.6 is 0 Å². The zero-order chi connectivity index (χ0) is 7.97. The molecule has 0 saturated carbocycles. The second-order valence-corrected chi connectivity index (χ2v) is 2.34. The fourth-order valence-electron chi connectivity index (χ4n) is 1.08. The van der Waals surface area contributed by atoms with Crippen LogP contribution in [0.3, 0.4) is 0 Å². The summed E-state index contributed by atoms with van der Waals surface area (Å²) in [6.45, 7) is 0. The van der Waals surface area contributed by atoms with Crippen molar-refractivity contribution in [2.75, 3.05) is 0 Å². The maximum Gasteiger partial charge on any atom is 0.200 e. The van der Waals surface area contributed by atoms with Crippen molar-refractivity contribution in [3.8, 4) is 0 Å². The summed E-state index contributed by atoms with van der Waals surface area (Å²) in [6.07, 6.45) is 2.69. The van der Waals surface area contributed by atoms with Gasteiger partial charge in [0.15, 0.2) is 24.0 Å². The maximum atomic E-state index is 5.03. The molecule has 3 heterocycles. The van der Waals surface area contributed by atoms with E-state index in [0.717, 1.165) is 0 Å². The van der Waals surface area contributed by atoms with Crippen LogP contribution in [0.15, 0.2) is 27.7 Å². The summed E-state index contributed by atoms with van der Waals surface area (Å²) in [7, 11) is 0. The Morgan fingerprint density at radius 2 is 1.50 bits per heavy atom. The highest BCUT2D eigenvalue weighted by molar-refractivity contribution is 5.81. The van der Waals surface area contributed by atoms with Crippen molar-refractivity contribution in [2.24, 2.45) is 0 Å². The van der Waals surface area contributed by atoms with Gasteiger partial charge in [0.1, 0.15) is 0 Å². The Kier molecular flexibility index (Phi) is 0.864. The first-order valence-corrected chi connectivity index (χ1v) is 3.37. The molecule has 3 aromatic heterocycles. The molecule has 3 rings (SSSR count). The first kappa shape index (κ1) is 5.70. The molecule has 0 aliphatic carbocycles. The van der Waals surface area contributed by atoms with Crippen molar-refractivity contribution in [1.29, 1.82) is 0 Å². The lowest BCUT2D eigenvalue weighted by atomic mass is 10.4. The van der Waals surface area contributed by atoms with Crippen molar-refractivity contribution >= 4 is 22.5 Å². The Morgan fingerprint density at radius 3 is 2.08 bits per heavy atom. The van der Waals surface area contributed by atoms with E-state index in [-0.39, 0.29) is 0 Å². The minimum atomic E-state index is 0.552. The molecule has 0 saturated heterocycles. The molecule has 0 N–H and O–H groups in total. The molecule has 0 aromatic carbocycles. The predicted octanol–water partition coefficient (Wildman–Crippen LogP) is 1.36. The third-order valence-electron chi connectivity index (χ3n) is 1.62. The van der Waals surface area contributed by atoms with Gasteiger partial charge in [0.05, 0.1) is 0 Å². The third-order valence-corrected chi connectivity index (χ3v) is 1.62. The van der Waals surface area contributed by atoms with Crippen LogP contribution in [0.2, 0.25) is 0 Å². The van der Waals surface area contributed by atoms with E-state index in [0.29, 0.717) is 22.5 Å². The zero-order valence-electron chi connectivity index (χ0n) is 5.89. The molecule has 0 amide bonds. The van der Waals surface area contributed by atoms with E-state index in [9.17, 15) is 0 Å². The summed E-state index contributed by atoms with van der Waals surface area (Å²) in [5.41, 5.74) is 2.33. The molecule has 5 heteroatoms. The van der Waals surface area contributed by atoms with Crippen LogP contribution in [0.4, 0.5) is 0 Å². The van der Waals surface area contributed by atoms with Crippen molar-refractivity contribution in [3.63, 3.8) is 0 Å². The molecule has 0 atom stereocenters.